The zero-order valence-electron chi connectivity index (χ0n) is 4.91. The van der Waals surface area contributed by atoms with E-state index >= 15 is 0 Å². The van der Waals surface area contributed by atoms with E-state index in [1.807, 2.05) is 31.4 Å². The van der Waals surface area contributed by atoms with E-state index in [9.17, 15) is 0 Å². The van der Waals surface area contributed by atoms with Crippen LogP contribution in [-0.2, 0) is 0 Å². The second-order valence-corrected chi connectivity index (χ2v) is 1.91. The molecule has 8 heavy (non-hydrogen) atoms. The van der Waals surface area contributed by atoms with Crippen molar-refractivity contribution in [1.82, 2.24) is 5.01 Å². The lowest BCUT2D eigenvalue weighted by atomic mass is 10.2. The number of allylic oxidation sites excluding steroid dienone is 2. The van der Waals surface area contributed by atoms with Gasteiger partial charge in [0, 0.05) is 6.20 Å². The van der Waals surface area contributed by atoms with Gasteiger partial charge in [-0.05, 0) is 13.0 Å². The Bertz CT molecular complexity index is 110. The maximum absolute atomic E-state index is 5.47. The first-order chi connectivity index (χ1) is 3.80. The van der Waals surface area contributed by atoms with Crippen molar-refractivity contribution in [3.8, 4) is 0 Å². The Kier molecular flexibility index (Phi) is 1.35. The molecule has 0 saturated heterocycles. The fourth-order valence-electron chi connectivity index (χ4n) is 0.609. The zero-order chi connectivity index (χ0) is 5.98. The largest absolute Gasteiger partial charge is 0.312 e. The number of hydrazine groups is 1. The maximum Gasteiger partial charge on any atom is 0.0600 e. The molecule has 0 saturated carbocycles. The second-order valence-electron chi connectivity index (χ2n) is 1.91. The normalized spacial score (nSPS) is 26.8. The number of hydrogen-bond donors (Lipinski definition) is 1. The molecule has 0 aliphatic carbocycles. The van der Waals surface area contributed by atoms with E-state index in [0.717, 1.165) is 0 Å². The van der Waals surface area contributed by atoms with Crippen molar-refractivity contribution in [2.75, 3.05) is 0 Å². The monoisotopic (exact) mass is 110 g/mol. The molecule has 1 heterocycles. The SMILES string of the molecule is CC1C=CC=CN1N. The Morgan fingerprint density at radius 2 is 2.25 bits per heavy atom. The van der Waals surface area contributed by atoms with Crippen LogP contribution in [0.1, 0.15) is 6.92 Å². The van der Waals surface area contributed by atoms with E-state index in [0.29, 0.717) is 6.04 Å². The highest BCUT2D eigenvalue weighted by Gasteiger charge is 2.01. The summed E-state index contributed by atoms with van der Waals surface area (Å²) in [5, 5.41) is 1.67. The van der Waals surface area contributed by atoms with Crippen molar-refractivity contribution in [1.29, 1.82) is 0 Å². The van der Waals surface area contributed by atoms with E-state index in [4.69, 9.17) is 5.84 Å². The number of rotatable bonds is 0. The minimum Gasteiger partial charge on any atom is -0.312 e. The van der Waals surface area contributed by atoms with Crippen LogP contribution in [0.2, 0.25) is 0 Å². The first kappa shape index (κ1) is 5.38. The van der Waals surface area contributed by atoms with Crippen molar-refractivity contribution in [2.24, 2.45) is 5.84 Å². The van der Waals surface area contributed by atoms with Gasteiger partial charge in [-0.3, -0.25) is 0 Å². The highest BCUT2D eigenvalue weighted by Crippen LogP contribution is 2.00. The van der Waals surface area contributed by atoms with Crippen LogP contribution in [-0.4, -0.2) is 11.1 Å². The molecular formula is C6H10N2. The van der Waals surface area contributed by atoms with Gasteiger partial charge in [0.25, 0.3) is 0 Å². The van der Waals surface area contributed by atoms with Crippen LogP contribution in [0.3, 0.4) is 0 Å². The molecule has 0 aromatic carbocycles. The summed E-state index contributed by atoms with van der Waals surface area (Å²) in [6, 6.07) is 0.347. The van der Waals surface area contributed by atoms with Gasteiger partial charge in [-0.1, -0.05) is 12.2 Å². The van der Waals surface area contributed by atoms with Crippen LogP contribution in [0.4, 0.5) is 0 Å². The summed E-state index contributed by atoms with van der Waals surface area (Å²) in [6.07, 6.45) is 7.80. The average molecular weight is 110 g/mol. The Hall–Kier alpha value is -0.760. The molecule has 1 atom stereocenters. The van der Waals surface area contributed by atoms with Crippen LogP contribution in [0.25, 0.3) is 0 Å². The van der Waals surface area contributed by atoms with Gasteiger partial charge < -0.3 is 5.01 Å². The molecule has 0 fully saturated rings. The van der Waals surface area contributed by atoms with Crippen molar-refractivity contribution >= 4 is 0 Å². The Morgan fingerprint density at radius 3 is 2.62 bits per heavy atom. The van der Waals surface area contributed by atoms with Gasteiger partial charge in [-0.15, -0.1) is 0 Å². The highest BCUT2D eigenvalue weighted by atomic mass is 15.4. The molecule has 0 spiro atoms. The molecule has 0 radical (unpaired) electrons. The third-order valence-electron chi connectivity index (χ3n) is 1.23. The van der Waals surface area contributed by atoms with Crippen molar-refractivity contribution in [3.63, 3.8) is 0 Å². The summed E-state index contributed by atoms with van der Waals surface area (Å²) in [6.45, 7) is 2.04. The van der Waals surface area contributed by atoms with Gasteiger partial charge >= 0.3 is 0 Å². The molecule has 2 heteroatoms. The second kappa shape index (κ2) is 2.01. The molecule has 0 amide bonds. The summed E-state index contributed by atoms with van der Waals surface area (Å²) in [5.41, 5.74) is 0. The van der Waals surface area contributed by atoms with Gasteiger partial charge in [0.05, 0.1) is 6.04 Å². The van der Waals surface area contributed by atoms with Crippen molar-refractivity contribution in [3.05, 3.63) is 24.4 Å². The summed E-state index contributed by atoms with van der Waals surface area (Å²) in [7, 11) is 0. The lowest BCUT2D eigenvalue weighted by Gasteiger charge is -2.20. The topological polar surface area (TPSA) is 29.3 Å². The molecule has 1 aliphatic rings. The summed E-state index contributed by atoms with van der Waals surface area (Å²) in [5.74, 6) is 5.47. The lowest BCUT2D eigenvalue weighted by molar-refractivity contribution is 0.346. The highest BCUT2D eigenvalue weighted by molar-refractivity contribution is 5.10. The first-order valence-corrected chi connectivity index (χ1v) is 2.69. The van der Waals surface area contributed by atoms with Crippen LogP contribution < -0.4 is 5.84 Å². The maximum atomic E-state index is 5.47. The van der Waals surface area contributed by atoms with Crippen LogP contribution in [0.15, 0.2) is 24.4 Å². The summed E-state index contributed by atoms with van der Waals surface area (Å²) >= 11 is 0. The van der Waals surface area contributed by atoms with E-state index < -0.39 is 0 Å². The van der Waals surface area contributed by atoms with Gasteiger partial charge in [0.15, 0.2) is 0 Å². The third kappa shape index (κ3) is 0.898. The molecule has 1 rings (SSSR count). The average Bonchev–Trinajstić information content (AvgIpc) is 1.77. The molecule has 1 unspecified atom stereocenters. The Morgan fingerprint density at radius 1 is 1.50 bits per heavy atom. The predicted molar refractivity (Wildman–Crippen MR) is 33.8 cm³/mol. The minimum absolute atomic E-state index is 0.347. The molecule has 0 bridgehead atoms. The van der Waals surface area contributed by atoms with Crippen molar-refractivity contribution < 1.29 is 0 Å². The zero-order valence-corrected chi connectivity index (χ0v) is 4.91. The molecule has 2 nitrogen and oxygen atoms in total. The lowest BCUT2D eigenvalue weighted by Crippen LogP contribution is -2.33. The number of nitrogens with two attached hydrogens (primary N) is 1. The molecule has 0 aromatic rings. The number of nitrogens with zero attached hydrogens (tertiary/aromatic N) is 1. The third-order valence-corrected chi connectivity index (χ3v) is 1.23. The van der Waals surface area contributed by atoms with Crippen LogP contribution in [0, 0.1) is 0 Å². The molecule has 0 aromatic heterocycles. The standard InChI is InChI=1S/C6H10N2/c1-6-4-2-3-5-8(6)7/h2-6H,7H2,1H3. The van der Waals surface area contributed by atoms with Crippen LogP contribution >= 0.6 is 0 Å². The summed E-state index contributed by atoms with van der Waals surface area (Å²) in [4.78, 5) is 0. The fourth-order valence-corrected chi connectivity index (χ4v) is 0.609. The van der Waals surface area contributed by atoms with E-state index in [2.05, 4.69) is 0 Å². The summed E-state index contributed by atoms with van der Waals surface area (Å²) < 4.78 is 0. The minimum atomic E-state index is 0.347. The van der Waals surface area contributed by atoms with Gasteiger partial charge in [-0.25, -0.2) is 5.84 Å². The van der Waals surface area contributed by atoms with Crippen molar-refractivity contribution in [2.45, 2.75) is 13.0 Å². The van der Waals surface area contributed by atoms with E-state index in [1.54, 1.807) is 5.01 Å². The smallest absolute Gasteiger partial charge is 0.0600 e. The Labute approximate surface area is 49.2 Å². The fraction of sp³-hybridized carbons (Fsp3) is 0.333. The molecular weight excluding hydrogens is 100 g/mol. The molecule has 44 valence electrons. The number of hydrogen-bond acceptors (Lipinski definition) is 2. The van der Waals surface area contributed by atoms with E-state index in [1.165, 1.54) is 0 Å². The van der Waals surface area contributed by atoms with Gasteiger partial charge in [0.1, 0.15) is 0 Å². The van der Waals surface area contributed by atoms with E-state index in [-0.39, 0.29) is 0 Å². The Balaban J connectivity index is 2.59. The quantitative estimate of drug-likeness (QED) is 0.463. The van der Waals surface area contributed by atoms with Gasteiger partial charge in [0.2, 0.25) is 0 Å². The molecule has 2 N–H and O–H groups in total. The van der Waals surface area contributed by atoms with Gasteiger partial charge in [-0.2, -0.15) is 0 Å². The predicted octanol–water partition coefficient (Wildman–Crippen LogP) is 0.634. The molecule has 1 aliphatic heterocycles. The first-order valence-electron chi connectivity index (χ1n) is 2.69. The van der Waals surface area contributed by atoms with Crippen LogP contribution in [0.5, 0.6) is 0 Å².